The Hall–Kier alpha value is 0.588. The molecule has 0 radical (unpaired) electrons. The van der Waals surface area contributed by atoms with Crippen LogP contribution in [0.25, 0.3) is 0 Å². The SMILES string of the molecule is O=[PH]=O.[Pt]. The maximum absolute atomic E-state index is 8.40. The first-order valence-electron chi connectivity index (χ1n) is 0.408. The van der Waals surface area contributed by atoms with Crippen LogP contribution in [0.5, 0.6) is 0 Å². The summed E-state index contributed by atoms with van der Waals surface area (Å²) >= 11 is 0. The average Bonchev–Trinajstić information content (AvgIpc) is 0.918. The van der Waals surface area contributed by atoms with Crippen LogP contribution in [0.3, 0.4) is 0 Å². The van der Waals surface area contributed by atoms with Gasteiger partial charge in [0.25, 0.3) is 0 Å². The van der Waals surface area contributed by atoms with E-state index in [2.05, 4.69) is 0 Å². The van der Waals surface area contributed by atoms with Gasteiger partial charge in [0, 0.05) is 21.1 Å². The van der Waals surface area contributed by atoms with Crippen LogP contribution in [0.2, 0.25) is 0 Å². The van der Waals surface area contributed by atoms with E-state index >= 15 is 0 Å². The maximum Gasteiger partial charge on any atom is 0.303 e. The minimum absolute atomic E-state index is 0. The van der Waals surface area contributed by atoms with Crippen LogP contribution >= 0.6 is 8.34 Å². The van der Waals surface area contributed by atoms with E-state index < -0.39 is 8.34 Å². The Morgan fingerprint density at radius 3 is 1.25 bits per heavy atom. The fourth-order valence-corrected chi connectivity index (χ4v) is 0. The third-order valence-corrected chi connectivity index (χ3v) is 0. The van der Waals surface area contributed by atoms with Crippen molar-refractivity contribution in [2.45, 2.75) is 0 Å². The number of hydrogen-bond donors (Lipinski definition) is 0. The van der Waals surface area contributed by atoms with Crippen LogP contribution in [0.1, 0.15) is 0 Å². The fraction of sp³-hybridized carbons (Fsp3) is 0. The van der Waals surface area contributed by atoms with E-state index in [9.17, 15) is 0 Å². The van der Waals surface area contributed by atoms with Crippen LogP contribution in [-0.4, -0.2) is 0 Å². The van der Waals surface area contributed by atoms with Gasteiger partial charge in [-0.25, -0.2) is 9.13 Å². The number of hydrogen-bond acceptors (Lipinski definition) is 2. The van der Waals surface area contributed by atoms with Gasteiger partial charge < -0.3 is 0 Å². The van der Waals surface area contributed by atoms with E-state index in [4.69, 9.17) is 9.13 Å². The fourth-order valence-electron chi connectivity index (χ4n) is 0. The van der Waals surface area contributed by atoms with Gasteiger partial charge in [0.15, 0.2) is 0 Å². The predicted octanol–water partition coefficient (Wildman–Crippen LogP) is 0.353. The second-order valence-electron chi connectivity index (χ2n) is 0.0833. The third kappa shape index (κ3) is 18.9. The van der Waals surface area contributed by atoms with Gasteiger partial charge in [-0.05, 0) is 0 Å². The normalized spacial score (nSPS) is 3.00. The van der Waals surface area contributed by atoms with Crippen LogP contribution < -0.4 is 0 Å². The Kier molecular flexibility index (Phi) is 21.0. The number of rotatable bonds is 0. The van der Waals surface area contributed by atoms with E-state index in [1.54, 1.807) is 0 Å². The first kappa shape index (κ1) is 8.82. The summed E-state index contributed by atoms with van der Waals surface area (Å²) in [6, 6.07) is 0. The zero-order valence-electron chi connectivity index (χ0n) is 1.63. The molecule has 0 spiro atoms. The first-order valence-corrected chi connectivity index (χ1v) is 1.22. The quantitative estimate of drug-likeness (QED) is 0.588. The zero-order chi connectivity index (χ0) is 2.71. The molecule has 0 aromatic carbocycles. The molecule has 0 aliphatic heterocycles. The molecule has 4 heavy (non-hydrogen) atoms. The van der Waals surface area contributed by atoms with Gasteiger partial charge >= 0.3 is 8.34 Å². The Balaban J connectivity index is 0. The van der Waals surface area contributed by atoms with Crippen molar-refractivity contribution in [1.29, 1.82) is 0 Å². The summed E-state index contributed by atoms with van der Waals surface area (Å²) in [7, 11) is -1.42. The zero-order valence-corrected chi connectivity index (χ0v) is 4.90. The summed E-state index contributed by atoms with van der Waals surface area (Å²) in [4.78, 5) is 0. The van der Waals surface area contributed by atoms with Crippen molar-refractivity contribution < 1.29 is 30.2 Å². The molecule has 0 fully saturated rings. The van der Waals surface area contributed by atoms with Gasteiger partial charge in [0.05, 0.1) is 0 Å². The molecular formula is HO2PPt. The molecule has 0 rings (SSSR count). The predicted molar refractivity (Wildman–Crippen MR) is 9.69 cm³/mol. The molecule has 4 heteroatoms. The Morgan fingerprint density at radius 1 is 1.25 bits per heavy atom. The molecule has 0 N–H and O–H groups in total. The Bertz CT molecular complexity index is 27.0. The van der Waals surface area contributed by atoms with Crippen molar-refractivity contribution in [2.75, 3.05) is 0 Å². The third-order valence-electron chi connectivity index (χ3n) is 0. The van der Waals surface area contributed by atoms with Crippen LogP contribution in [-0.2, 0) is 30.2 Å². The summed E-state index contributed by atoms with van der Waals surface area (Å²) in [5.41, 5.74) is 0. The van der Waals surface area contributed by atoms with Gasteiger partial charge in [-0.3, -0.25) is 0 Å². The summed E-state index contributed by atoms with van der Waals surface area (Å²) in [5, 5.41) is 0. The molecule has 0 aliphatic carbocycles. The van der Waals surface area contributed by atoms with Crippen molar-refractivity contribution in [3.63, 3.8) is 0 Å². The first-order chi connectivity index (χ1) is 1.41. The molecule has 0 heterocycles. The molecule has 0 atom stereocenters. The van der Waals surface area contributed by atoms with E-state index in [-0.39, 0.29) is 21.1 Å². The minimum Gasteiger partial charge on any atom is -0.241 e. The standard InChI is InChI=1S/HO2P.Pt/c1-3-2;/h3H;. The van der Waals surface area contributed by atoms with Crippen molar-refractivity contribution in [3.8, 4) is 0 Å². The Morgan fingerprint density at radius 2 is 1.25 bits per heavy atom. The van der Waals surface area contributed by atoms with Crippen molar-refractivity contribution in [3.05, 3.63) is 0 Å². The molecule has 0 aliphatic rings. The van der Waals surface area contributed by atoms with E-state index in [1.807, 2.05) is 0 Å². The molecule has 0 amide bonds. The van der Waals surface area contributed by atoms with E-state index in [1.165, 1.54) is 0 Å². The molecule has 0 unspecified atom stereocenters. The minimum atomic E-state index is -1.42. The van der Waals surface area contributed by atoms with Crippen LogP contribution in [0, 0.1) is 0 Å². The van der Waals surface area contributed by atoms with Gasteiger partial charge in [0.1, 0.15) is 0 Å². The van der Waals surface area contributed by atoms with Crippen molar-refractivity contribution in [1.82, 2.24) is 0 Å². The summed E-state index contributed by atoms with van der Waals surface area (Å²) in [6.45, 7) is 0. The summed E-state index contributed by atoms with van der Waals surface area (Å²) in [5.74, 6) is 0. The smallest absolute Gasteiger partial charge is 0.241 e. The average molecular weight is 259 g/mol. The van der Waals surface area contributed by atoms with E-state index in [0.717, 1.165) is 0 Å². The Labute approximate surface area is 39.1 Å². The second-order valence-corrected chi connectivity index (χ2v) is 0.250. The largest absolute Gasteiger partial charge is 0.303 e. The van der Waals surface area contributed by atoms with E-state index in [0.29, 0.717) is 0 Å². The van der Waals surface area contributed by atoms with Gasteiger partial charge in [-0.1, -0.05) is 0 Å². The molecule has 0 aromatic rings. The molecule has 2 nitrogen and oxygen atoms in total. The monoisotopic (exact) mass is 259 g/mol. The van der Waals surface area contributed by atoms with Gasteiger partial charge in [0.2, 0.25) is 0 Å². The molecule has 0 aromatic heterocycles. The van der Waals surface area contributed by atoms with Crippen molar-refractivity contribution >= 4 is 8.34 Å². The maximum atomic E-state index is 8.40. The molecular weight excluding hydrogens is 258 g/mol. The summed E-state index contributed by atoms with van der Waals surface area (Å²) in [6.07, 6.45) is 0. The molecule has 0 saturated carbocycles. The van der Waals surface area contributed by atoms with Crippen LogP contribution in [0.15, 0.2) is 0 Å². The topological polar surface area (TPSA) is 34.1 Å². The summed E-state index contributed by atoms with van der Waals surface area (Å²) < 4.78 is 16.8. The molecule has 0 saturated heterocycles. The van der Waals surface area contributed by atoms with Gasteiger partial charge in [-0.2, -0.15) is 0 Å². The van der Waals surface area contributed by atoms with Crippen LogP contribution in [0.4, 0.5) is 0 Å². The van der Waals surface area contributed by atoms with Gasteiger partial charge in [-0.15, -0.1) is 0 Å². The molecule has 0 bridgehead atoms. The second kappa shape index (κ2) is 9.53. The molecule has 28 valence electrons. The van der Waals surface area contributed by atoms with Crippen molar-refractivity contribution in [2.24, 2.45) is 0 Å².